The number of esters is 1. The highest BCUT2D eigenvalue weighted by molar-refractivity contribution is 5.91. The normalized spacial score (nSPS) is 20.0. The van der Waals surface area contributed by atoms with E-state index in [0.717, 1.165) is 44.4 Å². The molecule has 26 heavy (non-hydrogen) atoms. The molecule has 0 amide bonds. The molecule has 0 atom stereocenters. The van der Waals surface area contributed by atoms with Gasteiger partial charge in [-0.2, -0.15) is 0 Å². The molecule has 5 heteroatoms. The number of carbonyl (C=O) groups is 1. The van der Waals surface area contributed by atoms with Crippen LogP contribution in [-0.2, 0) is 4.74 Å². The maximum Gasteiger partial charge on any atom is 0.343 e. The van der Waals surface area contributed by atoms with Gasteiger partial charge in [0.15, 0.2) is 11.6 Å². The summed E-state index contributed by atoms with van der Waals surface area (Å²) in [4.78, 5) is 12.2. The van der Waals surface area contributed by atoms with Crippen LogP contribution >= 0.6 is 0 Å². The second kappa shape index (κ2) is 8.41. The monoisotopic (exact) mass is 360 g/mol. The lowest BCUT2D eigenvalue weighted by Crippen LogP contribution is -2.17. The van der Waals surface area contributed by atoms with Gasteiger partial charge in [0.25, 0.3) is 0 Å². The predicted molar refractivity (Wildman–Crippen MR) is 94.3 cm³/mol. The first-order valence-electron chi connectivity index (χ1n) is 8.83. The van der Waals surface area contributed by atoms with Crippen molar-refractivity contribution in [2.75, 3.05) is 13.7 Å². The van der Waals surface area contributed by atoms with Gasteiger partial charge in [-0.05, 0) is 67.3 Å². The fourth-order valence-corrected chi connectivity index (χ4v) is 3.51. The Hall–Kier alpha value is -2.27. The first-order valence-corrected chi connectivity index (χ1v) is 8.83. The van der Waals surface area contributed by atoms with Crippen LogP contribution in [0.2, 0.25) is 0 Å². The van der Waals surface area contributed by atoms with Crippen LogP contribution in [0.1, 0.15) is 47.5 Å². The molecule has 3 nitrogen and oxygen atoms in total. The van der Waals surface area contributed by atoms with E-state index < -0.39 is 17.6 Å². The van der Waals surface area contributed by atoms with E-state index in [0.29, 0.717) is 23.5 Å². The van der Waals surface area contributed by atoms with Gasteiger partial charge in [0, 0.05) is 19.8 Å². The third-order valence-corrected chi connectivity index (χ3v) is 4.96. The van der Waals surface area contributed by atoms with Crippen molar-refractivity contribution < 1.29 is 23.0 Å². The van der Waals surface area contributed by atoms with Gasteiger partial charge in [0.05, 0.1) is 5.56 Å². The van der Waals surface area contributed by atoms with Crippen molar-refractivity contribution in [3.63, 3.8) is 0 Å². The largest absolute Gasteiger partial charge is 0.420 e. The fraction of sp³-hybridized carbons (Fsp3) is 0.381. The minimum absolute atomic E-state index is 0.281. The Morgan fingerprint density at radius 1 is 1.04 bits per heavy atom. The molecule has 1 fully saturated rings. The molecule has 138 valence electrons. The summed E-state index contributed by atoms with van der Waals surface area (Å²) in [7, 11) is 1.74. The van der Waals surface area contributed by atoms with Crippen molar-refractivity contribution in [2.45, 2.75) is 31.6 Å². The van der Waals surface area contributed by atoms with Crippen LogP contribution in [0.5, 0.6) is 5.75 Å². The third kappa shape index (κ3) is 4.47. The van der Waals surface area contributed by atoms with E-state index in [1.165, 1.54) is 5.56 Å². The van der Waals surface area contributed by atoms with Crippen LogP contribution < -0.4 is 4.74 Å². The highest BCUT2D eigenvalue weighted by Crippen LogP contribution is 2.35. The van der Waals surface area contributed by atoms with Crippen LogP contribution in [0.15, 0.2) is 42.5 Å². The number of halogens is 2. The smallest absolute Gasteiger partial charge is 0.343 e. The van der Waals surface area contributed by atoms with Crippen LogP contribution in [0, 0.1) is 17.6 Å². The van der Waals surface area contributed by atoms with Crippen LogP contribution in [0.4, 0.5) is 8.78 Å². The van der Waals surface area contributed by atoms with E-state index >= 15 is 0 Å². The maximum atomic E-state index is 13.6. The van der Waals surface area contributed by atoms with Gasteiger partial charge in [-0.1, -0.05) is 12.1 Å². The Bertz CT molecular complexity index is 750. The average molecular weight is 360 g/mol. The van der Waals surface area contributed by atoms with E-state index in [1.807, 2.05) is 12.1 Å². The summed E-state index contributed by atoms with van der Waals surface area (Å²) in [6.07, 6.45) is 4.51. The van der Waals surface area contributed by atoms with Crippen molar-refractivity contribution in [3.05, 3.63) is 65.2 Å². The van der Waals surface area contributed by atoms with Crippen molar-refractivity contribution in [1.29, 1.82) is 0 Å². The first kappa shape index (κ1) is 18.5. The number of benzene rings is 2. The summed E-state index contributed by atoms with van der Waals surface area (Å²) in [5.74, 6) is -1.43. The zero-order valence-corrected chi connectivity index (χ0v) is 14.7. The summed E-state index contributed by atoms with van der Waals surface area (Å²) < 4.78 is 36.7. The molecule has 1 aliphatic rings. The predicted octanol–water partition coefficient (Wildman–Crippen LogP) is 5.10. The summed E-state index contributed by atoms with van der Waals surface area (Å²) in [5, 5.41) is 0. The van der Waals surface area contributed by atoms with Gasteiger partial charge in [-0.15, -0.1) is 0 Å². The summed E-state index contributed by atoms with van der Waals surface area (Å²) in [6, 6.07) is 10.1. The Morgan fingerprint density at radius 3 is 2.35 bits per heavy atom. The van der Waals surface area contributed by atoms with Crippen LogP contribution in [0.3, 0.4) is 0 Å². The molecule has 0 unspecified atom stereocenters. The van der Waals surface area contributed by atoms with Crippen molar-refractivity contribution >= 4 is 5.97 Å². The maximum absolute atomic E-state index is 13.6. The summed E-state index contributed by atoms with van der Waals surface area (Å²) in [6.45, 7) is 0.817. The van der Waals surface area contributed by atoms with Crippen LogP contribution in [-0.4, -0.2) is 19.7 Å². The lowest BCUT2D eigenvalue weighted by Gasteiger charge is -2.28. The molecule has 1 aliphatic carbocycles. The highest BCUT2D eigenvalue weighted by Gasteiger charge is 2.22. The quantitative estimate of drug-likeness (QED) is 0.549. The molecule has 3 rings (SSSR count). The molecule has 0 aromatic heterocycles. The molecule has 0 aliphatic heterocycles. The molecule has 2 aromatic carbocycles. The van der Waals surface area contributed by atoms with Gasteiger partial charge < -0.3 is 9.47 Å². The Balaban J connectivity index is 1.61. The van der Waals surface area contributed by atoms with Gasteiger partial charge >= 0.3 is 5.97 Å². The number of rotatable bonds is 5. The summed E-state index contributed by atoms with van der Waals surface area (Å²) >= 11 is 0. The molecular weight excluding hydrogens is 338 g/mol. The minimum Gasteiger partial charge on any atom is -0.420 e. The van der Waals surface area contributed by atoms with E-state index in [4.69, 9.17) is 9.47 Å². The molecule has 0 spiro atoms. The lowest BCUT2D eigenvalue weighted by molar-refractivity contribution is 0.0727. The third-order valence-electron chi connectivity index (χ3n) is 4.96. The molecule has 0 N–H and O–H groups in total. The number of ether oxygens (including phenoxy) is 2. The summed E-state index contributed by atoms with van der Waals surface area (Å²) in [5.41, 5.74) is 1.54. The number of carbonyl (C=O) groups excluding carboxylic acids is 1. The molecule has 2 aromatic rings. The van der Waals surface area contributed by atoms with Crippen molar-refractivity contribution in [2.24, 2.45) is 5.92 Å². The topological polar surface area (TPSA) is 35.5 Å². The number of hydrogen-bond donors (Lipinski definition) is 0. The Labute approximate surface area is 151 Å². The van der Waals surface area contributed by atoms with Gasteiger partial charge in [-0.25, -0.2) is 13.6 Å². The zero-order valence-electron chi connectivity index (χ0n) is 14.7. The van der Waals surface area contributed by atoms with Crippen molar-refractivity contribution in [1.82, 2.24) is 0 Å². The van der Waals surface area contributed by atoms with E-state index in [2.05, 4.69) is 0 Å². The molecule has 1 saturated carbocycles. The van der Waals surface area contributed by atoms with Crippen LogP contribution in [0.25, 0.3) is 0 Å². The highest BCUT2D eigenvalue weighted by atomic mass is 19.1. The lowest BCUT2D eigenvalue weighted by atomic mass is 9.79. The number of hydrogen-bond acceptors (Lipinski definition) is 3. The van der Waals surface area contributed by atoms with Gasteiger partial charge in [-0.3, -0.25) is 0 Å². The molecule has 0 radical (unpaired) electrons. The number of methoxy groups -OCH3 is 1. The molecule has 0 heterocycles. The standard InChI is InChI=1S/C21H22F2O3/c1-25-13-14-2-4-15(5-3-14)16-6-8-17(9-7-16)21(24)26-20-11-10-18(22)12-19(20)23/h6-12,14-15H,2-5,13H2,1H3. The molecule has 0 bridgehead atoms. The first-order chi connectivity index (χ1) is 12.6. The Morgan fingerprint density at radius 2 is 1.73 bits per heavy atom. The van der Waals surface area contributed by atoms with Gasteiger partial charge in [0.1, 0.15) is 5.82 Å². The zero-order chi connectivity index (χ0) is 18.5. The van der Waals surface area contributed by atoms with Crippen molar-refractivity contribution in [3.8, 4) is 5.75 Å². The Kier molecular flexibility index (Phi) is 5.99. The molecule has 0 saturated heterocycles. The minimum atomic E-state index is -0.900. The molecular formula is C21H22F2O3. The van der Waals surface area contributed by atoms with E-state index in [-0.39, 0.29) is 5.75 Å². The van der Waals surface area contributed by atoms with E-state index in [9.17, 15) is 13.6 Å². The SMILES string of the molecule is COCC1CCC(c2ccc(C(=O)Oc3ccc(F)cc3F)cc2)CC1. The van der Waals surface area contributed by atoms with E-state index in [1.54, 1.807) is 19.2 Å². The van der Waals surface area contributed by atoms with Gasteiger partial charge in [0.2, 0.25) is 0 Å². The fourth-order valence-electron chi connectivity index (χ4n) is 3.51. The second-order valence-corrected chi connectivity index (χ2v) is 6.76. The second-order valence-electron chi connectivity index (χ2n) is 6.76. The average Bonchev–Trinajstić information content (AvgIpc) is 2.65.